The zero-order chi connectivity index (χ0) is 12.9. The highest BCUT2D eigenvalue weighted by Gasteiger charge is 2.43. The molecule has 0 radical (unpaired) electrons. The number of hydrogen-bond donors (Lipinski definition) is 0. The minimum absolute atomic E-state index is 0.0390. The summed E-state index contributed by atoms with van der Waals surface area (Å²) in [4.78, 5) is -0.0390. The molecule has 0 saturated heterocycles. The quantitative estimate of drug-likeness (QED) is 0.663. The standard InChI is InChI=1S/C15H17BrF2/c1-8-4-14(18)12(7-13(8)17)15(16)11-6-9-2-3-10(11)5-9/h4,7,9-11,15H,2-3,5-6H2,1H3. The summed E-state index contributed by atoms with van der Waals surface area (Å²) in [5.41, 5.74) is 0.875. The summed E-state index contributed by atoms with van der Waals surface area (Å²) < 4.78 is 27.6. The number of fused-ring (bicyclic) bond motifs is 2. The Morgan fingerprint density at radius 2 is 1.94 bits per heavy atom. The van der Waals surface area contributed by atoms with E-state index < -0.39 is 0 Å². The Balaban J connectivity index is 1.88. The average molecular weight is 315 g/mol. The van der Waals surface area contributed by atoms with E-state index in [1.807, 2.05) is 0 Å². The molecule has 4 unspecified atom stereocenters. The van der Waals surface area contributed by atoms with Crippen molar-refractivity contribution < 1.29 is 8.78 Å². The van der Waals surface area contributed by atoms with Crippen LogP contribution in [0.3, 0.4) is 0 Å². The van der Waals surface area contributed by atoms with Crippen LogP contribution in [0.15, 0.2) is 12.1 Å². The van der Waals surface area contributed by atoms with Gasteiger partial charge in [-0.1, -0.05) is 22.4 Å². The van der Waals surface area contributed by atoms with Crippen LogP contribution in [-0.2, 0) is 0 Å². The molecular formula is C15H17BrF2. The van der Waals surface area contributed by atoms with Crippen molar-refractivity contribution in [3.63, 3.8) is 0 Å². The van der Waals surface area contributed by atoms with Crippen molar-refractivity contribution in [1.29, 1.82) is 0 Å². The van der Waals surface area contributed by atoms with E-state index in [4.69, 9.17) is 0 Å². The van der Waals surface area contributed by atoms with Gasteiger partial charge in [-0.15, -0.1) is 0 Å². The van der Waals surface area contributed by atoms with Crippen LogP contribution in [0.1, 0.15) is 41.6 Å². The van der Waals surface area contributed by atoms with Gasteiger partial charge < -0.3 is 0 Å². The lowest BCUT2D eigenvalue weighted by molar-refractivity contribution is 0.326. The van der Waals surface area contributed by atoms with Crippen molar-refractivity contribution in [3.05, 3.63) is 34.9 Å². The Kier molecular flexibility index (Phi) is 3.21. The SMILES string of the molecule is Cc1cc(F)c(C(Br)C2CC3CCC2C3)cc1F. The van der Waals surface area contributed by atoms with Crippen LogP contribution in [0.5, 0.6) is 0 Å². The van der Waals surface area contributed by atoms with Gasteiger partial charge in [-0.3, -0.25) is 0 Å². The summed E-state index contributed by atoms with van der Waals surface area (Å²) in [5, 5.41) is 0. The highest BCUT2D eigenvalue weighted by Crippen LogP contribution is 2.55. The second kappa shape index (κ2) is 4.59. The van der Waals surface area contributed by atoms with Gasteiger partial charge in [0, 0.05) is 10.4 Å². The van der Waals surface area contributed by atoms with Crippen LogP contribution >= 0.6 is 15.9 Å². The normalized spacial score (nSPS) is 31.9. The van der Waals surface area contributed by atoms with E-state index in [2.05, 4.69) is 15.9 Å². The fraction of sp³-hybridized carbons (Fsp3) is 0.600. The number of benzene rings is 1. The largest absolute Gasteiger partial charge is 0.207 e. The van der Waals surface area contributed by atoms with Crippen LogP contribution < -0.4 is 0 Å². The van der Waals surface area contributed by atoms with Gasteiger partial charge in [0.2, 0.25) is 0 Å². The molecule has 0 nitrogen and oxygen atoms in total. The lowest BCUT2D eigenvalue weighted by Crippen LogP contribution is -2.16. The average Bonchev–Trinajstić information content (AvgIpc) is 2.95. The van der Waals surface area contributed by atoms with Gasteiger partial charge in [0.15, 0.2) is 0 Å². The molecule has 0 aliphatic heterocycles. The van der Waals surface area contributed by atoms with E-state index in [1.165, 1.54) is 31.4 Å². The number of aryl methyl sites for hydroxylation is 1. The predicted molar refractivity (Wildman–Crippen MR) is 71.7 cm³/mol. The van der Waals surface area contributed by atoms with Gasteiger partial charge in [0.05, 0.1) is 0 Å². The van der Waals surface area contributed by atoms with Crippen LogP contribution in [0.2, 0.25) is 0 Å². The summed E-state index contributed by atoms with van der Waals surface area (Å²) in [6.45, 7) is 1.60. The Bertz CT molecular complexity index is 472. The summed E-state index contributed by atoms with van der Waals surface area (Å²) >= 11 is 3.62. The molecule has 2 saturated carbocycles. The predicted octanol–water partition coefficient (Wildman–Crippen LogP) is 5.15. The van der Waals surface area contributed by atoms with Gasteiger partial charge in [-0.05, 0) is 61.6 Å². The van der Waals surface area contributed by atoms with Gasteiger partial charge in [0.1, 0.15) is 11.6 Å². The third-order valence-corrected chi connectivity index (χ3v) is 5.92. The van der Waals surface area contributed by atoms with Gasteiger partial charge in [0.25, 0.3) is 0 Å². The maximum Gasteiger partial charge on any atom is 0.128 e. The van der Waals surface area contributed by atoms with Crippen molar-refractivity contribution >= 4 is 15.9 Å². The maximum absolute atomic E-state index is 14.0. The second-order valence-electron chi connectivity index (χ2n) is 5.86. The molecule has 0 amide bonds. The van der Waals surface area contributed by atoms with E-state index >= 15 is 0 Å². The Labute approximate surface area is 115 Å². The van der Waals surface area contributed by atoms with Crippen LogP contribution in [0.25, 0.3) is 0 Å². The van der Waals surface area contributed by atoms with E-state index in [1.54, 1.807) is 6.92 Å². The lowest BCUT2D eigenvalue weighted by Gasteiger charge is -2.27. The molecule has 18 heavy (non-hydrogen) atoms. The Hall–Kier alpha value is -0.440. The van der Waals surface area contributed by atoms with Gasteiger partial charge in [-0.2, -0.15) is 0 Å². The molecule has 0 N–H and O–H groups in total. The molecule has 0 aromatic heterocycles. The van der Waals surface area contributed by atoms with E-state index in [-0.39, 0.29) is 16.5 Å². The van der Waals surface area contributed by atoms with E-state index in [9.17, 15) is 8.78 Å². The molecule has 98 valence electrons. The Morgan fingerprint density at radius 3 is 2.56 bits per heavy atom. The topological polar surface area (TPSA) is 0 Å². The zero-order valence-electron chi connectivity index (χ0n) is 10.4. The van der Waals surface area contributed by atoms with Gasteiger partial charge in [-0.25, -0.2) is 8.78 Å². The van der Waals surface area contributed by atoms with Crippen LogP contribution in [0, 0.1) is 36.3 Å². The summed E-state index contributed by atoms with van der Waals surface area (Å²) in [7, 11) is 0. The Morgan fingerprint density at radius 1 is 1.17 bits per heavy atom. The molecule has 2 aliphatic carbocycles. The molecule has 1 aromatic carbocycles. The maximum atomic E-state index is 14.0. The molecular weight excluding hydrogens is 298 g/mol. The molecule has 4 atom stereocenters. The molecule has 3 heteroatoms. The fourth-order valence-electron chi connectivity index (χ4n) is 3.76. The number of rotatable bonds is 2. The van der Waals surface area contributed by atoms with Crippen molar-refractivity contribution in [2.75, 3.05) is 0 Å². The highest BCUT2D eigenvalue weighted by atomic mass is 79.9. The monoisotopic (exact) mass is 314 g/mol. The van der Waals surface area contributed by atoms with Crippen LogP contribution in [0.4, 0.5) is 8.78 Å². The molecule has 2 bridgehead atoms. The number of alkyl halides is 1. The molecule has 1 aromatic rings. The van der Waals surface area contributed by atoms with Crippen molar-refractivity contribution in [3.8, 4) is 0 Å². The van der Waals surface area contributed by atoms with E-state index in [0.29, 0.717) is 23.0 Å². The first-order valence-corrected chi connectivity index (χ1v) is 7.57. The molecule has 2 aliphatic rings. The molecule has 0 heterocycles. The second-order valence-corrected chi connectivity index (χ2v) is 6.85. The third-order valence-electron chi connectivity index (χ3n) is 4.74. The fourth-order valence-corrected chi connectivity index (χ4v) is 4.75. The lowest BCUT2D eigenvalue weighted by atomic mass is 9.84. The first-order chi connectivity index (χ1) is 8.56. The summed E-state index contributed by atoms with van der Waals surface area (Å²) in [6.07, 6.45) is 5.03. The minimum atomic E-state index is -0.306. The first-order valence-electron chi connectivity index (χ1n) is 6.66. The molecule has 0 spiro atoms. The highest BCUT2D eigenvalue weighted by molar-refractivity contribution is 9.09. The third kappa shape index (κ3) is 2.01. The zero-order valence-corrected chi connectivity index (χ0v) is 12.0. The molecule has 3 rings (SSSR count). The number of halogens is 3. The van der Waals surface area contributed by atoms with Crippen molar-refractivity contribution in [2.45, 2.75) is 37.4 Å². The smallest absolute Gasteiger partial charge is 0.128 e. The van der Waals surface area contributed by atoms with E-state index in [0.717, 1.165) is 12.3 Å². The van der Waals surface area contributed by atoms with Crippen molar-refractivity contribution in [2.24, 2.45) is 17.8 Å². The summed E-state index contributed by atoms with van der Waals surface area (Å²) in [5.74, 6) is 1.40. The summed E-state index contributed by atoms with van der Waals surface area (Å²) in [6, 6.07) is 2.68. The van der Waals surface area contributed by atoms with Crippen LogP contribution in [-0.4, -0.2) is 0 Å². The minimum Gasteiger partial charge on any atom is -0.207 e. The van der Waals surface area contributed by atoms with Crippen molar-refractivity contribution in [1.82, 2.24) is 0 Å². The molecule has 2 fully saturated rings. The number of hydrogen-bond acceptors (Lipinski definition) is 0. The first kappa shape index (κ1) is 12.6. The van der Waals surface area contributed by atoms with Gasteiger partial charge >= 0.3 is 0 Å².